The Hall–Kier alpha value is -6.27. The molecule has 0 fully saturated rings. The van der Waals surface area contributed by atoms with E-state index >= 15 is 0 Å². The number of aliphatic hydroxyl groups is 1. The molecule has 0 aliphatic rings. The fraction of sp³-hybridized carbons (Fsp3) is 0.261. The van der Waals surface area contributed by atoms with E-state index in [4.69, 9.17) is 9.72 Å². The van der Waals surface area contributed by atoms with Gasteiger partial charge < -0.3 is 30.1 Å². The molecule has 6 aromatic heterocycles. The lowest BCUT2D eigenvalue weighted by atomic mass is 10.0. The summed E-state index contributed by atoms with van der Waals surface area (Å²) in [5, 5.41) is 41.8. The molecule has 69 heavy (non-hydrogen) atoms. The molecule has 0 unspecified atom stereocenters. The maximum Gasteiger partial charge on any atom is 0.406 e. The number of ether oxygens (including phenoxy) is 1. The Morgan fingerprint density at radius 2 is 1.16 bits per heavy atom. The fourth-order valence-electron chi connectivity index (χ4n) is 6.94. The van der Waals surface area contributed by atoms with Gasteiger partial charge >= 0.3 is 11.6 Å². The Bertz CT molecular complexity index is 3140. The molecule has 1 N–H and O–H groups in total. The van der Waals surface area contributed by atoms with E-state index in [1.54, 1.807) is 34.8 Å². The molecular formula is C46H43Br2F3N10O6S2. The van der Waals surface area contributed by atoms with Crippen LogP contribution in [-0.4, -0.2) is 54.5 Å². The van der Waals surface area contributed by atoms with Gasteiger partial charge in [-0.25, -0.2) is 18.7 Å². The number of aromatic nitrogens is 8. The van der Waals surface area contributed by atoms with Crippen molar-refractivity contribution in [2.24, 2.45) is 14.1 Å². The zero-order valence-corrected chi connectivity index (χ0v) is 42.6. The first-order valence-corrected chi connectivity index (χ1v) is 24.1. The van der Waals surface area contributed by atoms with Gasteiger partial charge in [0.15, 0.2) is 12.4 Å². The third-order valence-electron chi connectivity index (χ3n) is 10.2. The van der Waals surface area contributed by atoms with Crippen molar-refractivity contribution in [1.29, 1.82) is 0 Å². The molecule has 16 nitrogen and oxygen atoms in total. The van der Waals surface area contributed by atoms with Crippen molar-refractivity contribution in [2.45, 2.75) is 66.6 Å². The van der Waals surface area contributed by atoms with Crippen LogP contribution in [0.1, 0.15) is 67.5 Å². The number of nitro groups is 2. The highest BCUT2D eigenvalue weighted by Crippen LogP contribution is 2.36. The molecule has 0 atom stereocenters. The number of thiazole rings is 2. The van der Waals surface area contributed by atoms with Crippen LogP contribution in [0.3, 0.4) is 0 Å². The number of pyridine rings is 2. The van der Waals surface area contributed by atoms with Gasteiger partial charge in [-0.1, -0.05) is 13.8 Å². The lowest BCUT2D eigenvalue weighted by Crippen LogP contribution is -2.04. The molecule has 0 amide bonds. The zero-order valence-electron chi connectivity index (χ0n) is 37.8. The molecule has 360 valence electrons. The summed E-state index contributed by atoms with van der Waals surface area (Å²) in [5.41, 5.74) is 8.39. The van der Waals surface area contributed by atoms with Crippen LogP contribution >= 0.6 is 54.5 Å². The fourth-order valence-corrected chi connectivity index (χ4v) is 9.48. The molecule has 8 aromatic rings. The number of nitrogens with zero attached hydrogens (tertiary/aromatic N) is 10. The minimum absolute atomic E-state index is 0.00810. The van der Waals surface area contributed by atoms with Crippen LogP contribution in [-0.2, 0) is 53.0 Å². The van der Waals surface area contributed by atoms with Crippen LogP contribution in [0.5, 0.6) is 5.75 Å². The molecule has 0 bridgehead atoms. The number of aliphatic hydroxyl groups excluding tert-OH is 1. The number of benzene rings is 2. The largest absolute Gasteiger partial charge is 0.481 e. The second kappa shape index (κ2) is 23.4. The average Bonchev–Trinajstić information content (AvgIpc) is 4.07. The Morgan fingerprint density at radius 3 is 1.61 bits per heavy atom. The zero-order chi connectivity index (χ0) is 50.1. The number of halogens is 5. The first-order valence-electron chi connectivity index (χ1n) is 20.9. The smallest absolute Gasteiger partial charge is 0.406 e. The average molecular weight is 1110 g/mol. The molecule has 23 heteroatoms. The summed E-state index contributed by atoms with van der Waals surface area (Å²) >= 11 is 9.37. The summed E-state index contributed by atoms with van der Waals surface area (Å²) in [6.45, 7) is 7.72. The predicted molar refractivity (Wildman–Crippen MR) is 263 cm³/mol. The molecule has 0 saturated heterocycles. The molecule has 2 aromatic carbocycles. The Balaban J connectivity index is 0.000000193. The van der Waals surface area contributed by atoms with Gasteiger partial charge in [-0.3, -0.25) is 9.36 Å². The normalized spacial score (nSPS) is 10.9. The SMILES string of the molecule is CCc1cc(Cc2sc(C)nc2-c2ccc(F)cc2CO)n(C)n1.CCc1cc(Cc2sc(C)nc2-c2ccc(F)cc2COc2cc(Br)cnc2[N+](=O)[O-])n(C)n1.O=[N+]([O-])c1ncc(Br)cc1F. The standard InChI is InChI=1S/C23H21BrFN5O3S.C18H20FN3OS.C5H2BrFN2O2/c1-4-17-9-18(29(3)28-17)10-21-22(27-13(2)34-21)19-6-5-16(25)7-14(19)12-33-20-8-15(24)11-26-23(20)30(31)32;1-4-14-8-15(22(3)21-14)9-17-18(20-11(2)24-17)16-6-5-13(19)7-12(16)10-23;6-3-1-4(7)5(8-2-3)9(10)11/h5-9,11H,4,10,12H2,1-3H3;5-8,23H,4,9-10H2,1-3H3;1-2H. The van der Waals surface area contributed by atoms with Crippen LogP contribution < -0.4 is 4.74 Å². The van der Waals surface area contributed by atoms with Crippen molar-refractivity contribution < 1.29 is 32.9 Å². The van der Waals surface area contributed by atoms with E-state index in [9.17, 15) is 38.5 Å². The summed E-state index contributed by atoms with van der Waals surface area (Å²) < 4.78 is 50.6. The van der Waals surface area contributed by atoms with E-state index in [0.29, 0.717) is 38.5 Å². The molecule has 0 radical (unpaired) electrons. The number of hydrogen-bond acceptors (Lipinski definition) is 14. The number of rotatable bonds is 14. The third-order valence-corrected chi connectivity index (χ3v) is 13.0. The molecule has 0 aliphatic carbocycles. The molecular weight excluding hydrogens is 1070 g/mol. The highest BCUT2D eigenvalue weighted by Gasteiger charge is 2.22. The van der Waals surface area contributed by atoms with Gasteiger partial charge in [-0.2, -0.15) is 14.6 Å². The van der Waals surface area contributed by atoms with Crippen molar-refractivity contribution >= 4 is 66.2 Å². The topological polar surface area (TPSA) is 203 Å². The Morgan fingerprint density at radius 1 is 0.696 bits per heavy atom. The maximum absolute atomic E-state index is 14.2. The van der Waals surface area contributed by atoms with Gasteiger partial charge in [-0.05, 0) is 132 Å². The number of aryl methyl sites for hydroxylation is 6. The van der Waals surface area contributed by atoms with Crippen molar-refractivity contribution in [3.05, 3.63) is 173 Å². The highest BCUT2D eigenvalue weighted by atomic mass is 79.9. The lowest BCUT2D eigenvalue weighted by Gasteiger charge is -2.12. The highest BCUT2D eigenvalue weighted by molar-refractivity contribution is 9.10. The second-order valence-corrected chi connectivity index (χ2v) is 19.5. The molecule has 0 spiro atoms. The summed E-state index contributed by atoms with van der Waals surface area (Å²) in [5.74, 6) is -2.90. The van der Waals surface area contributed by atoms with E-state index in [1.165, 1.54) is 42.7 Å². The monoisotopic (exact) mass is 1110 g/mol. The van der Waals surface area contributed by atoms with Crippen LogP contribution in [0.25, 0.3) is 22.5 Å². The van der Waals surface area contributed by atoms with Gasteiger partial charge in [0.25, 0.3) is 0 Å². The second-order valence-electron chi connectivity index (χ2n) is 15.1. The van der Waals surface area contributed by atoms with E-state index in [-0.39, 0.29) is 24.8 Å². The van der Waals surface area contributed by atoms with Gasteiger partial charge in [0, 0.05) is 76.9 Å². The van der Waals surface area contributed by atoms with E-state index < -0.39 is 33.1 Å². The minimum atomic E-state index is -0.940. The lowest BCUT2D eigenvalue weighted by molar-refractivity contribution is -0.392. The Labute approximate surface area is 418 Å². The summed E-state index contributed by atoms with van der Waals surface area (Å²) in [4.78, 5) is 38.4. The molecule has 0 aliphatic heterocycles. The summed E-state index contributed by atoms with van der Waals surface area (Å²) in [7, 11) is 3.86. The third kappa shape index (κ3) is 13.3. The van der Waals surface area contributed by atoms with E-state index in [1.807, 2.05) is 37.3 Å². The van der Waals surface area contributed by atoms with Crippen LogP contribution in [0.2, 0.25) is 0 Å². The quantitative estimate of drug-likeness (QED) is 0.0798. The van der Waals surface area contributed by atoms with Crippen LogP contribution in [0.15, 0.2) is 82.0 Å². The van der Waals surface area contributed by atoms with Crippen molar-refractivity contribution in [1.82, 2.24) is 39.5 Å². The van der Waals surface area contributed by atoms with E-state index in [2.05, 4.69) is 83.0 Å². The van der Waals surface area contributed by atoms with Crippen LogP contribution in [0.4, 0.5) is 24.8 Å². The predicted octanol–water partition coefficient (Wildman–Crippen LogP) is 11.3. The van der Waals surface area contributed by atoms with Gasteiger partial charge in [0.05, 0.1) is 48.3 Å². The van der Waals surface area contributed by atoms with Crippen molar-refractivity contribution in [3.8, 4) is 28.3 Å². The molecule has 0 saturated carbocycles. The Kier molecular flexibility index (Phi) is 17.6. The minimum Gasteiger partial charge on any atom is -0.481 e. The molecule has 6 heterocycles. The van der Waals surface area contributed by atoms with Gasteiger partial charge in [0.1, 0.15) is 18.2 Å². The van der Waals surface area contributed by atoms with Crippen molar-refractivity contribution in [2.75, 3.05) is 0 Å². The van der Waals surface area contributed by atoms with Gasteiger partial charge in [-0.15, -0.1) is 22.7 Å². The summed E-state index contributed by atoms with van der Waals surface area (Å²) in [6, 6.07) is 15.5. The molecule has 8 rings (SSSR count). The van der Waals surface area contributed by atoms with Crippen molar-refractivity contribution in [3.63, 3.8) is 0 Å². The van der Waals surface area contributed by atoms with E-state index in [0.717, 1.165) is 78.4 Å². The maximum atomic E-state index is 14.2. The summed E-state index contributed by atoms with van der Waals surface area (Å²) in [6.07, 6.45) is 5.58. The first kappa shape index (κ1) is 52.1. The first-order chi connectivity index (χ1) is 32.9. The van der Waals surface area contributed by atoms with Gasteiger partial charge in [0.2, 0.25) is 11.6 Å². The number of hydrogen-bond donors (Lipinski definition) is 1. The van der Waals surface area contributed by atoms with Crippen LogP contribution in [0, 0.1) is 51.5 Å².